The summed E-state index contributed by atoms with van der Waals surface area (Å²) in [6.45, 7) is 1.50. The molecule has 2 N–H and O–H groups in total. The summed E-state index contributed by atoms with van der Waals surface area (Å²) in [5.74, 6) is -0.432. The third-order valence-electron chi connectivity index (χ3n) is 10.8. The van der Waals surface area contributed by atoms with Crippen LogP contribution in [0.5, 0.6) is 17.2 Å². The number of esters is 1. The maximum atomic E-state index is 14.5. The lowest BCUT2D eigenvalue weighted by Crippen LogP contribution is -2.55. The molecule has 0 saturated heterocycles. The summed E-state index contributed by atoms with van der Waals surface area (Å²) in [6, 6.07) is 30.3. The van der Waals surface area contributed by atoms with E-state index in [1.807, 2.05) is 66.7 Å². The second-order valence-electron chi connectivity index (χ2n) is 15.2. The number of methoxy groups -OCH3 is 1. The average Bonchev–Trinajstić information content (AvgIpc) is 3.79. The number of hydrogen-bond acceptors (Lipinski definition) is 12. The van der Waals surface area contributed by atoms with Gasteiger partial charge >= 0.3 is 5.97 Å². The number of nitrogens with one attached hydrogen (secondary N) is 2. The first-order valence-electron chi connectivity index (χ1n) is 20.1. The van der Waals surface area contributed by atoms with Crippen LogP contribution in [0.2, 0.25) is 10.0 Å². The van der Waals surface area contributed by atoms with Crippen LogP contribution in [-0.4, -0.2) is 61.3 Å². The van der Waals surface area contributed by atoms with E-state index in [1.54, 1.807) is 36.4 Å². The zero-order valence-corrected chi connectivity index (χ0v) is 37.9. The molecule has 2 aliphatic rings. The first-order valence-corrected chi connectivity index (χ1v) is 23.1. The second kappa shape index (κ2) is 19.3. The smallest absolute Gasteiger partial charge is 0.328 e. The molecule has 18 heteroatoms. The predicted molar refractivity (Wildman–Crippen MR) is 243 cm³/mol. The first kappa shape index (κ1) is 45.1. The normalized spacial score (nSPS) is 16.0. The van der Waals surface area contributed by atoms with Crippen molar-refractivity contribution in [2.45, 2.75) is 55.3 Å². The first-order chi connectivity index (χ1) is 31.3. The largest absolute Gasteiger partial charge is 0.489 e. The number of carbonyl (C=O) groups is 3. The van der Waals surface area contributed by atoms with Crippen molar-refractivity contribution in [1.29, 1.82) is 5.26 Å². The van der Waals surface area contributed by atoms with Gasteiger partial charge in [-0.3, -0.25) is 9.59 Å². The summed E-state index contributed by atoms with van der Waals surface area (Å²) >= 11 is 12.9. The van der Waals surface area contributed by atoms with Crippen LogP contribution in [-0.2, 0) is 55.1 Å². The van der Waals surface area contributed by atoms with E-state index in [-0.39, 0.29) is 41.9 Å². The van der Waals surface area contributed by atoms with E-state index < -0.39 is 46.0 Å². The number of thiazole rings is 1. The summed E-state index contributed by atoms with van der Waals surface area (Å²) in [7, 11) is -3.22. The van der Waals surface area contributed by atoms with Crippen molar-refractivity contribution in [1.82, 2.24) is 14.6 Å². The molecule has 0 radical (unpaired) electrons. The number of ether oxygens (including phenoxy) is 4. The van der Waals surface area contributed by atoms with E-state index in [2.05, 4.69) is 21.7 Å². The molecule has 6 aromatic rings. The van der Waals surface area contributed by atoms with Crippen molar-refractivity contribution in [3.8, 4) is 34.4 Å². The SMILES string of the molecule is COC(=O)[C@H](Cc1ccc(-c2ccc(C#N)cc2)cc1)NC(=O)C1Cc2cc3c(cc2CN1S(=O)(=O)c1cnc(NC(C)=O)s1)O[C@@H](c1ccc(OCc2ccc(Cl)c(Cl)c2)cc1)CO3. The Labute approximate surface area is 388 Å². The van der Waals surface area contributed by atoms with E-state index in [9.17, 15) is 22.8 Å². The molecular formula is C47H39Cl2N5O9S2. The second-order valence-corrected chi connectivity index (χ2v) is 19.2. The van der Waals surface area contributed by atoms with Crippen LogP contribution in [0, 0.1) is 11.3 Å². The van der Waals surface area contributed by atoms with Gasteiger partial charge in [-0.1, -0.05) is 89.1 Å². The number of nitriles is 1. The van der Waals surface area contributed by atoms with Gasteiger partial charge in [-0.25, -0.2) is 18.2 Å². The van der Waals surface area contributed by atoms with Gasteiger partial charge in [-0.05, 0) is 93.9 Å². The number of fused-ring (bicyclic) bond motifs is 2. The summed E-state index contributed by atoms with van der Waals surface area (Å²) in [4.78, 5) is 43.5. The monoisotopic (exact) mass is 951 g/mol. The number of anilines is 1. The minimum Gasteiger partial charge on any atom is -0.489 e. The van der Waals surface area contributed by atoms with Crippen LogP contribution >= 0.6 is 34.5 Å². The molecule has 1 aromatic heterocycles. The number of sulfonamides is 1. The Bertz CT molecular complexity index is 2920. The van der Waals surface area contributed by atoms with Crippen molar-refractivity contribution < 1.29 is 41.7 Å². The molecule has 3 atom stereocenters. The van der Waals surface area contributed by atoms with Gasteiger partial charge in [0.2, 0.25) is 11.8 Å². The van der Waals surface area contributed by atoms with Crippen LogP contribution in [0.1, 0.15) is 46.4 Å². The number of rotatable bonds is 13. The molecule has 0 aliphatic carbocycles. The molecule has 8 rings (SSSR count). The Morgan fingerprint density at radius 1 is 0.923 bits per heavy atom. The minimum absolute atomic E-state index is 0.0470. The molecule has 5 aromatic carbocycles. The van der Waals surface area contributed by atoms with E-state index in [0.29, 0.717) is 49.5 Å². The molecule has 14 nitrogen and oxygen atoms in total. The molecule has 2 amide bonds. The summed E-state index contributed by atoms with van der Waals surface area (Å²) in [6.07, 6.45) is 0.602. The molecule has 3 heterocycles. The van der Waals surface area contributed by atoms with Crippen molar-refractivity contribution in [2.24, 2.45) is 0 Å². The van der Waals surface area contributed by atoms with Crippen molar-refractivity contribution in [2.75, 3.05) is 19.0 Å². The van der Waals surface area contributed by atoms with Gasteiger partial charge in [0.05, 0.1) is 35.0 Å². The lowest BCUT2D eigenvalue weighted by molar-refractivity contribution is -0.145. The molecule has 0 saturated carbocycles. The number of carbonyl (C=O) groups excluding carboxylic acids is 3. The van der Waals surface area contributed by atoms with E-state index >= 15 is 0 Å². The third kappa shape index (κ3) is 10.3. The van der Waals surface area contributed by atoms with Crippen molar-refractivity contribution in [3.05, 3.63) is 153 Å². The minimum atomic E-state index is -4.43. The highest BCUT2D eigenvalue weighted by atomic mass is 35.5. The molecule has 332 valence electrons. The zero-order valence-electron chi connectivity index (χ0n) is 34.7. The number of amides is 2. The van der Waals surface area contributed by atoms with Gasteiger partial charge in [0, 0.05) is 19.9 Å². The summed E-state index contributed by atoms with van der Waals surface area (Å²) in [5.41, 5.74) is 5.92. The Hall–Kier alpha value is -6.48. The summed E-state index contributed by atoms with van der Waals surface area (Å²) in [5, 5.41) is 15.4. The number of nitrogens with zero attached hydrogens (tertiary/aromatic N) is 3. The van der Waals surface area contributed by atoms with Gasteiger partial charge in [0.25, 0.3) is 10.0 Å². The lowest BCUT2D eigenvalue weighted by Gasteiger charge is -2.36. The van der Waals surface area contributed by atoms with Crippen molar-refractivity contribution in [3.63, 3.8) is 0 Å². The van der Waals surface area contributed by atoms with E-state index in [4.69, 9.17) is 47.4 Å². The number of halogens is 2. The van der Waals surface area contributed by atoms with Crippen molar-refractivity contribution >= 4 is 67.5 Å². The van der Waals surface area contributed by atoms with E-state index in [1.165, 1.54) is 14.0 Å². The summed E-state index contributed by atoms with van der Waals surface area (Å²) < 4.78 is 53.5. The van der Waals surface area contributed by atoms with Gasteiger partial charge in [-0.15, -0.1) is 0 Å². The molecular weight excluding hydrogens is 914 g/mol. The Morgan fingerprint density at radius 3 is 2.29 bits per heavy atom. The molecule has 0 spiro atoms. The van der Waals surface area contributed by atoms with Crippen LogP contribution in [0.25, 0.3) is 11.1 Å². The van der Waals surface area contributed by atoms with Gasteiger partial charge in [0.15, 0.2) is 26.9 Å². The predicted octanol–water partition coefficient (Wildman–Crippen LogP) is 8.05. The van der Waals surface area contributed by atoms with Crippen LogP contribution < -0.4 is 24.8 Å². The highest BCUT2D eigenvalue weighted by molar-refractivity contribution is 7.91. The zero-order chi connectivity index (χ0) is 45.8. The number of benzene rings is 5. The lowest BCUT2D eigenvalue weighted by atomic mass is 9.93. The number of hydrogen-bond donors (Lipinski definition) is 2. The molecule has 65 heavy (non-hydrogen) atoms. The molecule has 0 fully saturated rings. The highest BCUT2D eigenvalue weighted by Crippen LogP contribution is 2.42. The van der Waals surface area contributed by atoms with Gasteiger partial charge in [-0.2, -0.15) is 9.57 Å². The Morgan fingerprint density at radius 2 is 1.62 bits per heavy atom. The maximum Gasteiger partial charge on any atom is 0.328 e. The molecule has 2 aliphatic heterocycles. The van der Waals surface area contributed by atoms with E-state index in [0.717, 1.165) is 44.1 Å². The Balaban J connectivity index is 1.02. The van der Waals surface area contributed by atoms with Crippen LogP contribution in [0.4, 0.5) is 5.13 Å². The standard InChI is InChI=1S/C47H39Cl2N5O9S2/c1-27(55)52-47-51-23-44(64-47)65(58,59)54-24-35-21-42-41(62-26-43(63-42)33-12-14-36(15-13-33)61-25-30-7-16-37(48)38(49)17-30)20-34(35)19-40(54)45(56)53-39(46(57)60-2)18-28-3-8-31(9-4-28)32-10-5-29(22-50)6-11-32/h3-17,20-21,23,39-40,43H,18-19,24-26H2,1-2H3,(H,53,56)(H,51,52,55)/t39-,40?,43+/m0/s1. The Kier molecular flexibility index (Phi) is 13.4. The highest BCUT2D eigenvalue weighted by Gasteiger charge is 2.42. The van der Waals surface area contributed by atoms with Gasteiger partial charge in [0.1, 0.15) is 31.0 Å². The van der Waals surface area contributed by atoms with Crippen LogP contribution in [0.15, 0.2) is 114 Å². The quantitative estimate of drug-likeness (QED) is 0.107. The number of aromatic nitrogens is 1. The maximum absolute atomic E-state index is 14.5. The fourth-order valence-electron chi connectivity index (χ4n) is 7.45. The molecule has 0 bridgehead atoms. The van der Waals surface area contributed by atoms with Gasteiger partial charge < -0.3 is 29.6 Å². The van der Waals surface area contributed by atoms with Crippen LogP contribution in [0.3, 0.4) is 0 Å². The molecule has 1 unspecified atom stereocenters. The topological polar surface area (TPSA) is 186 Å². The third-order valence-corrected chi connectivity index (χ3v) is 14.8. The fourth-order valence-corrected chi connectivity index (χ4v) is 10.5. The fraction of sp³-hybridized carbons (Fsp3) is 0.213. The average molecular weight is 953 g/mol.